The number of rotatable bonds is 3. The van der Waals surface area contributed by atoms with Gasteiger partial charge in [-0.1, -0.05) is 13.0 Å². The second-order valence-electron chi connectivity index (χ2n) is 8.20. The Morgan fingerprint density at radius 3 is 2.73 bits per heavy atom. The first-order valence-electron chi connectivity index (χ1n) is 10.1. The number of halogens is 3. The summed E-state index contributed by atoms with van der Waals surface area (Å²) in [5.74, 6) is 0.525. The van der Waals surface area contributed by atoms with Crippen molar-refractivity contribution in [2.24, 2.45) is 11.8 Å². The molecule has 1 amide bonds. The number of nitrogens with zero attached hydrogens (tertiary/aromatic N) is 4. The van der Waals surface area contributed by atoms with E-state index >= 15 is 0 Å². The molecule has 1 saturated carbocycles. The molecule has 3 atom stereocenters. The van der Waals surface area contributed by atoms with Crippen molar-refractivity contribution < 1.29 is 18.0 Å². The van der Waals surface area contributed by atoms with Crippen molar-refractivity contribution >= 4 is 22.9 Å². The maximum atomic E-state index is 13.8. The van der Waals surface area contributed by atoms with Crippen LogP contribution in [0, 0.1) is 11.8 Å². The minimum Gasteiger partial charge on any atom is -0.334 e. The lowest BCUT2D eigenvalue weighted by molar-refractivity contribution is -0.143. The Bertz CT molecular complexity index is 1090. The average molecular weight is 434 g/mol. The highest BCUT2D eigenvalue weighted by Crippen LogP contribution is 2.43. The highest BCUT2D eigenvalue weighted by Gasteiger charge is 2.44. The SMILES string of the molecule is C[C@H]1C[C@H]1C(=O)N1CCCC[C@@H]1c1cc2nc(-c3cccs3)cc(C(F)(F)F)n2n1. The van der Waals surface area contributed by atoms with Gasteiger partial charge < -0.3 is 4.90 Å². The quantitative estimate of drug-likeness (QED) is 0.570. The molecule has 5 rings (SSSR count). The molecular weight excluding hydrogens is 413 g/mol. The van der Waals surface area contributed by atoms with Gasteiger partial charge in [0.15, 0.2) is 11.3 Å². The molecule has 3 aromatic rings. The minimum atomic E-state index is -4.57. The number of fused-ring (bicyclic) bond motifs is 1. The van der Waals surface area contributed by atoms with Crippen molar-refractivity contribution in [3.63, 3.8) is 0 Å². The van der Waals surface area contributed by atoms with E-state index in [2.05, 4.69) is 17.0 Å². The Balaban J connectivity index is 1.59. The number of aromatic nitrogens is 3. The number of hydrogen-bond acceptors (Lipinski definition) is 4. The Hall–Kier alpha value is -2.42. The molecule has 4 heterocycles. The van der Waals surface area contributed by atoms with Gasteiger partial charge in [0.1, 0.15) is 0 Å². The van der Waals surface area contributed by atoms with E-state index in [4.69, 9.17) is 0 Å². The van der Waals surface area contributed by atoms with Crippen LogP contribution in [0.4, 0.5) is 13.2 Å². The molecule has 158 valence electrons. The van der Waals surface area contributed by atoms with Gasteiger partial charge in [-0.2, -0.15) is 18.3 Å². The minimum absolute atomic E-state index is 0.0388. The van der Waals surface area contributed by atoms with Crippen LogP contribution in [0.1, 0.15) is 50.0 Å². The maximum Gasteiger partial charge on any atom is 0.433 e. The topological polar surface area (TPSA) is 50.5 Å². The zero-order chi connectivity index (χ0) is 21.0. The standard InChI is InChI=1S/C21H21F3N4OS/c1-12-9-13(12)20(29)27-7-3-2-5-16(27)14-11-19-25-15(17-6-4-8-30-17)10-18(21(22,23)24)28(19)26-14/h4,6,8,10-13,16H,2-3,5,7,9H2,1H3/t12-,13+,16+/m0/s1. The van der Waals surface area contributed by atoms with Crippen molar-refractivity contribution in [2.45, 2.75) is 44.8 Å². The van der Waals surface area contributed by atoms with Gasteiger partial charge in [-0.25, -0.2) is 9.50 Å². The molecule has 5 nitrogen and oxygen atoms in total. The molecule has 1 aliphatic heterocycles. The van der Waals surface area contributed by atoms with Crippen molar-refractivity contribution in [3.05, 3.63) is 41.0 Å². The van der Waals surface area contributed by atoms with Gasteiger partial charge >= 0.3 is 6.18 Å². The number of piperidine rings is 1. The van der Waals surface area contributed by atoms with Crippen molar-refractivity contribution in [2.75, 3.05) is 6.54 Å². The van der Waals surface area contributed by atoms with Crippen LogP contribution in [0.2, 0.25) is 0 Å². The number of thiophene rings is 1. The van der Waals surface area contributed by atoms with Crippen molar-refractivity contribution in [1.82, 2.24) is 19.5 Å². The van der Waals surface area contributed by atoms with E-state index in [0.717, 1.165) is 29.8 Å². The lowest BCUT2D eigenvalue weighted by atomic mass is 9.98. The van der Waals surface area contributed by atoms with Crippen LogP contribution in [-0.2, 0) is 11.0 Å². The fourth-order valence-electron chi connectivity index (χ4n) is 4.29. The predicted molar refractivity (Wildman–Crippen MR) is 107 cm³/mol. The van der Waals surface area contributed by atoms with E-state index in [0.29, 0.717) is 29.5 Å². The summed E-state index contributed by atoms with van der Waals surface area (Å²) in [5, 5.41) is 6.11. The van der Waals surface area contributed by atoms with Crippen LogP contribution in [-0.4, -0.2) is 31.9 Å². The number of alkyl halides is 3. The summed E-state index contributed by atoms with van der Waals surface area (Å²) in [6.07, 6.45) is -1.15. The summed E-state index contributed by atoms with van der Waals surface area (Å²) in [6, 6.07) is 5.89. The molecule has 1 saturated heterocycles. The lowest BCUT2D eigenvalue weighted by Crippen LogP contribution is -2.39. The van der Waals surface area contributed by atoms with Crippen LogP contribution in [0.5, 0.6) is 0 Å². The van der Waals surface area contributed by atoms with E-state index in [1.165, 1.54) is 11.3 Å². The third-order valence-electron chi connectivity index (χ3n) is 6.06. The molecule has 30 heavy (non-hydrogen) atoms. The Kier molecular flexibility index (Phi) is 4.61. The van der Waals surface area contributed by atoms with Gasteiger partial charge in [-0.05, 0) is 49.1 Å². The monoisotopic (exact) mass is 434 g/mol. The molecule has 0 aromatic carbocycles. The van der Waals surface area contributed by atoms with E-state index in [1.807, 2.05) is 4.90 Å². The van der Waals surface area contributed by atoms with Gasteiger partial charge in [0.2, 0.25) is 5.91 Å². The van der Waals surface area contributed by atoms with Crippen molar-refractivity contribution in [1.29, 1.82) is 0 Å². The van der Waals surface area contributed by atoms with E-state index in [1.54, 1.807) is 23.6 Å². The second-order valence-corrected chi connectivity index (χ2v) is 9.15. The molecule has 1 aliphatic carbocycles. The van der Waals surface area contributed by atoms with Crippen LogP contribution in [0.15, 0.2) is 29.6 Å². The summed E-state index contributed by atoms with van der Waals surface area (Å²) < 4.78 is 42.3. The highest BCUT2D eigenvalue weighted by molar-refractivity contribution is 7.13. The molecule has 0 radical (unpaired) electrons. The predicted octanol–water partition coefficient (Wildman–Crippen LogP) is 5.19. The Morgan fingerprint density at radius 2 is 2.07 bits per heavy atom. The molecule has 0 bridgehead atoms. The smallest absolute Gasteiger partial charge is 0.334 e. The molecule has 0 N–H and O–H groups in total. The fourth-order valence-corrected chi connectivity index (χ4v) is 4.98. The first-order valence-corrected chi connectivity index (χ1v) is 11.0. The van der Waals surface area contributed by atoms with Gasteiger partial charge in [-0.15, -0.1) is 11.3 Å². The molecule has 9 heteroatoms. The molecule has 2 aliphatic rings. The first kappa shape index (κ1) is 19.5. The average Bonchev–Trinajstić information content (AvgIpc) is 3.13. The van der Waals surface area contributed by atoms with Gasteiger partial charge in [0.25, 0.3) is 0 Å². The largest absolute Gasteiger partial charge is 0.433 e. The molecule has 0 unspecified atom stereocenters. The van der Waals surface area contributed by atoms with Crippen LogP contribution >= 0.6 is 11.3 Å². The summed E-state index contributed by atoms with van der Waals surface area (Å²) in [5.41, 5.74) is 0.0602. The Morgan fingerprint density at radius 1 is 1.27 bits per heavy atom. The van der Waals surface area contributed by atoms with Crippen LogP contribution in [0.3, 0.4) is 0 Å². The summed E-state index contributed by atoms with van der Waals surface area (Å²) >= 11 is 1.34. The highest BCUT2D eigenvalue weighted by atomic mass is 32.1. The number of likely N-dealkylation sites (tertiary alicyclic amines) is 1. The Labute approximate surface area is 175 Å². The maximum absolute atomic E-state index is 13.8. The third-order valence-corrected chi connectivity index (χ3v) is 6.96. The fraction of sp³-hybridized carbons (Fsp3) is 0.476. The van der Waals surface area contributed by atoms with Gasteiger partial charge in [0, 0.05) is 18.5 Å². The summed E-state index contributed by atoms with van der Waals surface area (Å²) in [7, 11) is 0. The number of hydrogen-bond donors (Lipinski definition) is 0. The number of amides is 1. The zero-order valence-corrected chi connectivity index (χ0v) is 17.2. The molecule has 3 aromatic heterocycles. The van der Waals surface area contributed by atoms with E-state index in [-0.39, 0.29) is 29.2 Å². The summed E-state index contributed by atoms with van der Waals surface area (Å²) in [6.45, 7) is 2.68. The summed E-state index contributed by atoms with van der Waals surface area (Å²) in [4.78, 5) is 19.8. The van der Waals surface area contributed by atoms with Crippen LogP contribution < -0.4 is 0 Å². The van der Waals surface area contributed by atoms with Gasteiger partial charge in [-0.3, -0.25) is 4.79 Å². The van der Waals surface area contributed by atoms with Gasteiger partial charge in [0.05, 0.1) is 22.3 Å². The second kappa shape index (κ2) is 7.08. The lowest BCUT2D eigenvalue weighted by Gasteiger charge is -2.35. The normalized spacial score (nSPS) is 24.4. The zero-order valence-electron chi connectivity index (χ0n) is 16.4. The third kappa shape index (κ3) is 3.38. The molecule has 2 fully saturated rings. The molecule has 0 spiro atoms. The van der Waals surface area contributed by atoms with Crippen LogP contribution in [0.25, 0.3) is 16.2 Å². The molecular formula is C21H21F3N4OS. The number of carbonyl (C=O) groups excluding carboxylic acids is 1. The van der Waals surface area contributed by atoms with E-state index < -0.39 is 11.9 Å². The first-order chi connectivity index (χ1) is 14.3. The van der Waals surface area contributed by atoms with E-state index in [9.17, 15) is 18.0 Å². The number of carbonyl (C=O) groups is 1. The van der Waals surface area contributed by atoms with Crippen molar-refractivity contribution in [3.8, 4) is 10.6 Å².